The molecule has 94 valence electrons. The van der Waals surface area contributed by atoms with Gasteiger partial charge in [-0.2, -0.15) is 0 Å². The van der Waals surface area contributed by atoms with E-state index >= 15 is 0 Å². The van der Waals surface area contributed by atoms with Crippen molar-refractivity contribution >= 4 is 0 Å². The van der Waals surface area contributed by atoms with Crippen LogP contribution in [0.1, 0.15) is 26.3 Å². The first-order chi connectivity index (χ1) is 8.47. The molecule has 1 aromatic rings. The first-order valence-electron chi connectivity index (χ1n) is 5.75. The van der Waals surface area contributed by atoms with Crippen molar-refractivity contribution in [3.8, 4) is 36.2 Å². The Morgan fingerprint density at radius 1 is 0.944 bits per heavy atom. The molecule has 0 radical (unpaired) electrons. The van der Waals surface area contributed by atoms with Gasteiger partial charge in [0.25, 0.3) is 0 Å². The van der Waals surface area contributed by atoms with E-state index in [0.29, 0.717) is 11.5 Å². The highest BCUT2D eigenvalue weighted by atomic mass is 16.5. The first-order valence-corrected chi connectivity index (χ1v) is 5.75. The SMILES string of the molecule is C#CCOc1cc(OCC#C)cc(C(C)(C)C)c1. The Labute approximate surface area is 109 Å². The lowest BCUT2D eigenvalue weighted by atomic mass is 9.87. The van der Waals surface area contributed by atoms with Gasteiger partial charge in [-0.1, -0.05) is 32.6 Å². The molecule has 0 aliphatic rings. The third-order valence-electron chi connectivity index (χ3n) is 2.39. The van der Waals surface area contributed by atoms with Crippen LogP contribution >= 0.6 is 0 Å². The van der Waals surface area contributed by atoms with Crippen LogP contribution in [0.5, 0.6) is 11.5 Å². The van der Waals surface area contributed by atoms with Crippen LogP contribution in [0.2, 0.25) is 0 Å². The Bertz CT molecular complexity index is 445. The molecule has 1 aromatic carbocycles. The molecule has 0 amide bonds. The second kappa shape index (κ2) is 6.03. The van der Waals surface area contributed by atoms with Crippen molar-refractivity contribution in [1.82, 2.24) is 0 Å². The van der Waals surface area contributed by atoms with Gasteiger partial charge in [-0.25, -0.2) is 0 Å². The molecule has 0 N–H and O–H groups in total. The average Bonchev–Trinajstić information content (AvgIpc) is 2.32. The Morgan fingerprint density at radius 3 is 1.72 bits per heavy atom. The maximum atomic E-state index is 5.44. The van der Waals surface area contributed by atoms with Crippen molar-refractivity contribution in [2.45, 2.75) is 26.2 Å². The monoisotopic (exact) mass is 242 g/mol. The van der Waals surface area contributed by atoms with Crippen LogP contribution in [0.25, 0.3) is 0 Å². The highest BCUT2D eigenvalue weighted by molar-refractivity contribution is 5.41. The quantitative estimate of drug-likeness (QED) is 0.756. The third kappa shape index (κ3) is 4.07. The number of benzene rings is 1. The fourth-order valence-corrected chi connectivity index (χ4v) is 1.42. The lowest BCUT2D eigenvalue weighted by molar-refractivity contribution is 0.349. The van der Waals surface area contributed by atoms with E-state index in [4.69, 9.17) is 22.3 Å². The van der Waals surface area contributed by atoms with Crippen molar-refractivity contribution in [3.05, 3.63) is 23.8 Å². The largest absolute Gasteiger partial charge is 0.481 e. The number of terminal acetylenes is 2. The maximum Gasteiger partial charge on any atom is 0.148 e. The predicted octanol–water partition coefficient (Wildman–Crippen LogP) is 3.01. The number of ether oxygens (including phenoxy) is 2. The van der Waals surface area contributed by atoms with E-state index < -0.39 is 0 Å². The molecule has 18 heavy (non-hydrogen) atoms. The molecule has 2 nitrogen and oxygen atoms in total. The van der Waals surface area contributed by atoms with Crippen LogP contribution < -0.4 is 9.47 Å². The van der Waals surface area contributed by atoms with Crippen molar-refractivity contribution in [3.63, 3.8) is 0 Å². The summed E-state index contributed by atoms with van der Waals surface area (Å²) in [6, 6.07) is 5.74. The number of hydrogen-bond acceptors (Lipinski definition) is 2. The van der Waals surface area contributed by atoms with E-state index in [1.807, 2.05) is 12.1 Å². The summed E-state index contributed by atoms with van der Waals surface area (Å²) in [7, 11) is 0. The lowest BCUT2D eigenvalue weighted by Gasteiger charge is -2.21. The summed E-state index contributed by atoms with van der Waals surface area (Å²) in [4.78, 5) is 0. The summed E-state index contributed by atoms with van der Waals surface area (Å²) >= 11 is 0. The van der Waals surface area contributed by atoms with Crippen molar-refractivity contribution in [2.24, 2.45) is 0 Å². The van der Waals surface area contributed by atoms with E-state index in [9.17, 15) is 0 Å². The highest BCUT2D eigenvalue weighted by Gasteiger charge is 2.16. The van der Waals surface area contributed by atoms with Crippen molar-refractivity contribution in [1.29, 1.82) is 0 Å². The summed E-state index contributed by atoms with van der Waals surface area (Å²) in [5, 5.41) is 0. The van der Waals surface area contributed by atoms with Crippen LogP contribution in [-0.4, -0.2) is 13.2 Å². The third-order valence-corrected chi connectivity index (χ3v) is 2.39. The van der Waals surface area contributed by atoms with Crippen LogP contribution in [0.4, 0.5) is 0 Å². The van der Waals surface area contributed by atoms with Crippen LogP contribution in [0, 0.1) is 24.7 Å². The van der Waals surface area contributed by atoms with Gasteiger partial charge in [0, 0.05) is 6.07 Å². The summed E-state index contributed by atoms with van der Waals surface area (Å²) in [6.45, 7) is 6.85. The van der Waals surface area contributed by atoms with Crippen molar-refractivity contribution in [2.75, 3.05) is 13.2 Å². The molecule has 0 atom stereocenters. The van der Waals surface area contributed by atoms with Crippen LogP contribution in [0.3, 0.4) is 0 Å². The second-order valence-electron chi connectivity index (χ2n) is 4.93. The fourth-order valence-electron chi connectivity index (χ4n) is 1.42. The summed E-state index contributed by atoms with van der Waals surface area (Å²) in [6.07, 6.45) is 10.4. The maximum absolute atomic E-state index is 5.44. The van der Waals surface area contributed by atoms with E-state index in [-0.39, 0.29) is 18.6 Å². The predicted molar refractivity (Wildman–Crippen MR) is 73.8 cm³/mol. The topological polar surface area (TPSA) is 18.5 Å². The zero-order chi connectivity index (χ0) is 13.6. The highest BCUT2D eigenvalue weighted by Crippen LogP contribution is 2.30. The van der Waals surface area contributed by atoms with E-state index in [2.05, 4.69) is 32.6 Å². The molecular formula is C16H18O2. The zero-order valence-corrected chi connectivity index (χ0v) is 11.1. The Hall–Kier alpha value is -2.06. The summed E-state index contributed by atoms with van der Waals surface area (Å²) in [5.74, 6) is 6.29. The molecular weight excluding hydrogens is 224 g/mol. The van der Waals surface area contributed by atoms with Crippen LogP contribution in [-0.2, 0) is 5.41 Å². The molecule has 0 spiro atoms. The molecule has 0 bridgehead atoms. The molecule has 0 aliphatic heterocycles. The Kier molecular flexibility index (Phi) is 4.69. The molecule has 1 rings (SSSR count). The minimum absolute atomic E-state index is 0.00374. The first kappa shape index (κ1) is 14.0. The fraction of sp³-hybridized carbons (Fsp3) is 0.375. The van der Waals surface area contributed by atoms with Gasteiger partial charge in [-0.3, -0.25) is 0 Å². The van der Waals surface area contributed by atoms with Crippen molar-refractivity contribution < 1.29 is 9.47 Å². The van der Waals surface area contributed by atoms with E-state index in [1.165, 1.54) is 0 Å². The van der Waals surface area contributed by atoms with Gasteiger partial charge in [-0.15, -0.1) is 12.8 Å². The normalized spacial score (nSPS) is 10.3. The number of rotatable bonds is 4. The smallest absolute Gasteiger partial charge is 0.148 e. The van der Waals surface area contributed by atoms with Gasteiger partial charge in [0.1, 0.15) is 24.7 Å². The van der Waals surface area contributed by atoms with Gasteiger partial charge in [0.2, 0.25) is 0 Å². The number of hydrogen-bond donors (Lipinski definition) is 0. The summed E-state index contributed by atoms with van der Waals surface area (Å²) < 4.78 is 10.9. The average molecular weight is 242 g/mol. The standard InChI is InChI=1S/C16H18O2/c1-6-8-17-14-10-13(16(3,4)5)11-15(12-14)18-9-7-2/h1-2,10-12H,8-9H2,3-5H3. The van der Waals surface area contributed by atoms with Gasteiger partial charge >= 0.3 is 0 Å². The lowest BCUT2D eigenvalue weighted by Crippen LogP contribution is -2.12. The Balaban J connectivity index is 3.05. The minimum atomic E-state index is 0.00374. The molecule has 0 aromatic heterocycles. The molecule has 0 aliphatic carbocycles. The van der Waals surface area contributed by atoms with E-state index in [0.717, 1.165) is 5.56 Å². The van der Waals surface area contributed by atoms with Gasteiger partial charge in [0.15, 0.2) is 0 Å². The minimum Gasteiger partial charge on any atom is -0.481 e. The van der Waals surface area contributed by atoms with Gasteiger partial charge < -0.3 is 9.47 Å². The van der Waals surface area contributed by atoms with Gasteiger partial charge in [0.05, 0.1) is 0 Å². The molecule has 0 heterocycles. The second-order valence-corrected chi connectivity index (χ2v) is 4.93. The molecule has 2 heteroatoms. The molecule has 0 saturated heterocycles. The van der Waals surface area contributed by atoms with Crippen LogP contribution in [0.15, 0.2) is 18.2 Å². The molecule has 0 saturated carbocycles. The molecule has 0 fully saturated rings. The van der Waals surface area contributed by atoms with Gasteiger partial charge in [-0.05, 0) is 23.1 Å². The summed E-state index contributed by atoms with van der Waals surface area (Å²) in [5.41, 5.74) is 1.12. The molecule has 0 unspecified atom stereocenters. The Morgan fingerprint density at radius 2 is 1.39 bits per heavy atom. The zero-order valence-electron chi connectivity index (χ0n) is 11.1. The van der Waals surface area contributed by atoms with E-state index in [1.54, 1.807) is 6.07 Å².